The van der Waals surface area contributed by atoms with Crippen molar-refractivity contribution in [2.24, 2.45) is 5.92 Å². The summed E-state index contributed by atoms with van der Waals surface area (Å²) in [6.45, 7) is 4.93. The van der Waals surface area contributed by atoms with E-state index in [0.717, 1.165) is 44.1 Å². The van der Waals surface area contributed by atoms with E-state index in [-0.39, 0.29) is 5.57 Å². The quantitative estimate of drug-likeness (QED) is 0.0289. The fraction of sp³-hybridized carbons (Fsp3) is 0.522. The number of ether oxygens (including phenoxy) is 1. The summed E-state index contributed by atoms with van der Waals surface area (Å²) in [6.07, 6.45) is 27.4. The van der Waals surface area contributed by atoms with Gasteiger partial charge in [0.15, 0.2) is 0 Å². The van der Waals surface area contributed by atoms with Gasteiger partial charge in [-0.2, -0.15) is 5.26 Å². The molecule has 0 saturated heterocycles. The van der Waals surface area contributed by atoms with E-state index in [1.807, 2.05) is 24.3 Å². The van der Waals surface area contributed by atoms with E-state index in [4.69, 9.17) is 4.74 Å². The fourth-order valence-electron chi connectivity index (χ4n) is 7.34. The SMILES string of the molecule is CCCCCCCCCCCCC(CCCCCCCCCC)COC(=O)C(C#N)=Cc1ccc(-n2c3cc(Br)ccc3c3ccc(Br)cc32)cc1. The monoisotopic (exact) mass is 830 g/mol. The molecule has 4 nitrogen and oxygen atoms in total. The smallest absolute Gasteiger partial charge is 0.348 e. The van der Waals surface area contributed by atoms with Crippen molar-refractivity contribution in [2.75, 3.05) is 6.61 Å². The first-order valence-corrected chi connectivity index (χ1v) is 21.8. The Bertz CT molecular complexity index is 1670. The van der Waals surface area contributed by atoms with Crippen LogP contribution in [0.1, 0.15) is 148 Å². The van der Waals surface area contributed by atoms with Crippen molar-refractivity contribution in [3.05, 3.63) is 80.7 Å². The Hall–Kier alpha value is -2.88. The van der Waals surface area contributed by atoms with Crippen LogP contribution in [0.2, 0.25) is 0 Å². The summed E-state index contributed by atoms with van der Waals surface area (Å²) in [6, 6.07) is 22.8. The van der Waals surface area contributed by atoms with Gasteiger partial charge in [-0.15, -0.1) is 0 Å². The summed E-state index contributed by atoms with van der Waals surface area (Å²) in [5, 5.41) is 12.3. The molecule has 0 bridgehead atoms. The molecule has 4 rings (SSSR count). The standard InChI is InChI=1S/C46H60Br2N2O2/c1-3-5-7-9-11-13-14-16-18-20-22-37(21-19-17-15-12-10-8-6-4-2)35-52-46(51)38(34-49)31-36-23-27-41(28-24-36)50-44-32-39(47)25-29-42(44)43-30-26-40(48)33-45(43)50/h23-33,37H,3-22,35H2,1-2H3. The zero-order valence-electron chi connectivity index (χ0n) is 31.7. The first-order valence-electron chi connectivity index (χ1n) is 20.2. The van der Waals surface area contributed by atoms with E-state index in [1.165, 1.54) is 126 Å². The third kappa shape index (κ3) is 13.5. The Kier molecular flexibility index (Phi) is 19.1. The number of hydrogen-bond acceptors (Lipinski definition) is 3. The van der Waals surface area contributed by atoms with Crippen LogP contribution in [0.5, 0.6) is 0 Å². The van der Waals surface area contributed by atoms with Crippen LogP contribution in [0.15, 0.2) is 75.2 Å². The second-order valence-electron chi connectivity index (χ2n) is 14.6. The molecule has 0 N–H and O–H groups in total. The number of rotatable bonds is 25. The highest BCUT2D eigenvalue weighted by Gasteiger charge is 2.17. The van der Waals surface area contributed by atoms with Crippen LogP contribution >= 0.6 is 31.9 Å². The molecule has 4 aromatic rings. The Balaban J connectivity index is 1.34. The molecule has 0 radical (unpaired) electrons. The van der Waals surface area contributed by atoms with Crippen LogP contribution in [-0.2, 0) is 9.53 Å². The molecule has 3 aromatic carbocycles. The predicted octanol–water partition coefficient (Wildman–Crippen LogP) is 15.2. The second kappa shape index (κ2) is 23.7. The van der Waals surface area contributed by atoms with Crippen molar-refractivity contribution in [3.8, 4) is 11.8 Å². The molecular formula is C46H60Br2N2O2. The van der Waals surface area contributed by atoms with Gasteiger partial charge >= 0.3 is 5.97 Å². The predicted molar refractivity (Wildman–Crippen MR) is 228 cm³/mol. The lowest BCUT2D eigenvalue weighted by molar-refractivity contribution is -0.140. The molecule has 1 atom stereocenters. The van der Waals surface area contributed by atoms with Crippen LogP contribution in [0.3, 0.4) is 0 Å². The van der Waals surface area contributed by atoms with Gasteiger partial charge in [0, 0.05) is 25.4 Å². The zero-order valence-corrected chi connectivity index (χ0v) is 34.9. The van der Waals surface area contributed by atoms with E-state index in [1.54, 1.807) is 6.08 Å². The van der Waals surface area contributed by atoms with Crippen LogP contribution in [-0.4, -0.2) is 17.1 Å². The van der Waals surface area contributed by atoms with E-state index in [0.29, 0.717) is 12.5 Å². The Morgan fingerprint density at radius 1 is 0.673 bits per heavy atom. The molecule has 0 fully saturated rings. The average Bonchev–Trinajstić information content (AvgIpc) is 3.46. The summed E-state index contributed by atoms with van der Waals surface area (Å²) >= 11 is 7.29. The van der Waals surface area contributed by atoms with E-state index >= 15 is 0 Å². The van der Waals surface area contributed by atoms with Gasteiger partial charge in [-0.1, -0.05) is 186 Å². The van der Waals surface area contributed by atoms with Gasteiger partial charge < -0.3 is 9.30 Å². The highest BCUT2D eigenvalue weighted by atomic mass is 79.9. The van der Waals surface area contributed by atoms with Gasteiger partial charge in [-0.3, -0.25) is 0 Å². The first-order chi connectivity index (χ1) is 25.4. The summed E-state index contributed by atoms with van der Waals surface area (Å²) in [5.41, 5.74) is 4.05. The molecule has 280 valence electrons. The normalized spacial score (nSPS) is 12.4. The Morgan fingerprint density at radius 2 is 1.12 bits per heavy atom. The molecule has 0 aliphatic rings. The summed E-state index contributed by atoms with van der Waals surface area (Å²) in [7, 11) is 0. The fourth-order valence-corrected chi connectivity index (χ4v) is 8.03. The lowest BCUT2D eigenvalue weighted by Gasteiger charge is -2.17. The van der Waals surface area contributed by atoms with Gasteiger partial charge in [0.25, 0.3) is 0 Å². The third-order valence-electron chi connectivity index (χ3n) is 10.4. The number of benzene rings is 3. The second-order valence-corrected chi connectivity index (χ2v) is 16.4. The van der Waals surface area contributed by atoms with Gasteiger partial charge in [0.05, 0.1) is 17.6 Å². The maximum Gasteiger partial charge on any atom is 0.348 e. The van der Waals surface area contributed by atoms with Crippen molar-refractivity contribution >= 4 is 65.7 Å². The van der Waals surface area contributed by atoms with E-state index < -0.39 is 5.97 Å². The molecule has 0 spiro atoms. The highest BCUT2D eigenvalue weighted by Crippen LogP contribution is 2.35. The number of carbonyl (C=O) groups is 1. The average molecular weight is 833 g/mol. The number of nitriles is 1. The van der Waals surface area contributed by atoms with E-state index in [2.05, 4.69) is 92.7 Å². The number of fused-ring (bicyclic) bond motifs is 3. The summed E-state index contributed by atoms with van der Waals surface area (Å²) < 4.78 is 10.1. The molecule has 0 amide bonds. The lowest BCUT2D eigenvalue weighted by atomic mass is 9.94. The van der Waals surface area contributed by atoms with Gasteiger partial charge in [0.1, 0.15) is 11.6 Å². The molecule has 1 aromatic heterocycles. The molecule has 0 aliphatic heterocycles. The Morgan fingerprint density at radius 3 is 1.56 bits per heavy atom. The topological polar surface area (TPSA) is 55.0 Å². The van der Waals surface area contributed by atoms with Crippen LogP contribution in [0, 0.1) is 17.2 Å². The van der Waals surface area contributed by atoms with Gasteiger partial charge in [-0.25, -0.2) is 4.79 Å². The zero-order chi connectivity index (χ0) is 37.0. The number of aromatic nitrogens is 1. The van der Waals surface area contributed by atoms with Crippen molar-refractivity contribution < 1.29 is 9.53 Å². The summed E-state index contributed by atoms with van der Waals surface area (Å²) in [5.74, 6) is -0.170. The minimum Gasteiger partial charge on any atom is -0.461 e. The number of halogens is 2. The largest absolute Gasteiger partial charge is 0.461 e. The number of unbranched alkanes of at least 4 members (excludes halogenated alkanes) is 16. The molecule has 6 heteroatoms. The van der Waals surface area contributed by atoms with Crippen molar-refractivity contribution in [3.63, 3.8) is 0 Å². The van der Waals surface area contributed by atoms with Crippen LogP contribution in [0.4, 0.5) is 0 Å². The maximum atomic E-state index is 13.2. The van der Waals surface area contributed by atoms with Gasteiger partial charge in [-0.05, 0) is 66.8 Å². The lowest BCUT2D eigenvalue weighted by Crippen LogP contribution is -2.15. The van der Waals surface area contributed by atoms with Crippen molar-refractivity contribution in [1.82, 2.24) is 4.57 Å². The molecule has 0 aliphatic carbocycles. The number of carbonyl (C=O) groups excluding carboxylic acids is 1. The van der Waals surface area contributed by atoms with E-state index in [9.17, 15) is 10.1 Å². The highest BCUT2D eigenvalue weighted by molar-refractivity contribution is 9.10. The van der Waals surface area contributed by atoms with Crippen LogP contribution in [0.25, 0.3) is 33.6 Å². The van der Waals surface area contributed by atoms with Crippen molar-refractivity contribution in [2.45, 2.75) is 142 Å². The number of esters is 1. The van der Waals surface area contributed by atoms with Crippen molar-refractivity contribution in [1.29, 1.82) is 5.26 Å². The third-order valence-corrected chi connectivity index (χ3v) is 11.4. The first kappa shape index (κ1) is 41.9. The maximum absolute atomic E-state index is 13.2. The number of hydrogen-bond donors (Lipinski definition) is 0. The minimum absolute atomic E-state index is 0.0437. The summed E-state index contributed by atoms with van der Waals surface area (Å²) in [4.78, 5) is 13.2. The number of nitrogens with zero attached hydrogens (tertiary/aromatic N) is 2. The molecule has 52 heavy (non-hydrogen) atoms. The molecule has 1 unspecified atom stereocenters. The van der Waals surface area contributed by atoms with Crippen LogP contribution < -0.4 is 0 Å². The molecular weight excluding hydrogens is 772 g/mol. The molecule has 1 heterocycles. The Labute approximate surface area is 330 Å². The van der Waals surface area contributed by atoms with Gasteiger partial charge in [0.2, 0.25) is 0 Å². The molecule has 0 saturated carbocycles. The minimum atomic E-state index is -0.521.